The number of hydrogen-bond donors (Lipinski definition) is 0. The first-order valence-electron chi connectivity index (χ1n) is 7.00. The van der Waals surface area contributed by atoms with Crippen molar-refractivity contribution in [1.82, 2.24) is 14.7 Å². The molecule has 0 bridgehead atoms. The molecule has 0 fully saturated rings. The van der Waals surface area contributed by atoms with Crippen LogP contribution < -0.4 is 0 Å². The fourth-order valence-corrected chi connectivity index (χ4v) is 2.78. The normalized spacial score (nSPS) is 13.0. The SMILES string of the molecule is Cc1ccc2c(c1)nc(C(C)Cl)n2Cc1c(C)noc1C. The van der Waals surface area contributed by atoms with Gasteiger partial charge in [-0.05, 0) is 45.4 Å². The molecule has 1 atom stereocenters. The van der Waals surface area contributed by atoms with Crippen LogP contribution in [-0.4, -0.2) is 14.7 Å². The maximum Gasteiger partial charge on any atom is 0.138 e. The maximum absolute atomic E-state index is 6.32. The van der Waals surface area contributed by atoms with Gasteiger partial charge in [0, 0.05) is 5.56 Å². The smallest absolute Gasteiger partial charge is 0.138 e. The zero-order chi connectivity index (χ0) is 15.1. The number of rotatable bonds is 3. The van der Waals surface area contributed by atoms with Crippen molar-refractivity contribution in [3.63, 3.8) is 0 Å². The molecular formula is C16H18ClN3O. The summed E-state index contributed by atoms with van der Waals surface area (Å²) in [7, 11) is 0. The molecule has 5 heteroatoms. The van der Waals surface area contributed by atoms with Gasteiger partial charge in [-0.15, -0.1) is 11.6 Å². The molecule has 2 aromatic heterocycles. The topological polar surface area (TPSA) is 43.9 Å². The molecule has 0 aliphatic carbocycles. The number of nitrogens with zero attached hydrogens (tertiary/aromatic N) is 3. The molecule has 0 radical (unpaired) electrons. The van der Waals surface area contributed by atoms with Gasteiger partial charge in [0.1, 0.15) is 11.6 Å². The Morgan fingerprint density at radius 2 is 2.05 bits per heavy atom. The van der Waals surface area contributed by atoms with Gasteiger partial charge in [-0.25, -0.2) is 4.98 Å². The summed E-state index contributed by atoms with van der Waals surface area (Å²) >= 11 is 6.32. The fraction of sp³-hybridized carbons (Fsp3) is 0.375. The van der Waals surface area contributed by atoms with Crippen LogP contribution in [0.4, 0.5) is 0 Å². The number of alkyl halides is 1. The molecule has 0 aliphatic rings. The van der Waals surface area contributed by atoms with Gasteiger partial charge >= 0.3 is 0 Å². The Morgan fingerprint density at radius 3 is 2.67 bits per heavy atom. The van der Waals surface area contributed by atoms with E-state index in [-0.39, 0.29) is 5.38 Å². The van der Waals surface area contributed by atoms with Crippen LogP contribution >= 0.6 is 11.6 Å². The van der Waals surface area contributed by atoms with Crippen molar-refractivity contribution in [2.24, 2.45) is 0 Å². The van der Waals surface area contributed by atoms with E-state index < -0.39 is 0 Å². The largest absolute Gasteiger partial charge is 0.361 e. The van der Waals surface area contributed by atoms with Gasteiger partial charge in [0.2, 0.25) is 0 Å². The lowest BCUT2D eigenvalue weighted by atomic mass is 10.2. The van der Waals surface area contributed by atoms with E-state index in [1.165, 1.54) is 5.56 Å². The van der Waals surface area contributed by atoms with E-state index in [0.29, 0.717) is 6.54 Å². The third-order valence-corrected chi connectivity index (χ3v) is 3.98. The minimum absolute atomic E-state index is 0.154. The lowest BCUT2D eigenvalue weighted by molar-refractivity contribution is 0.392. The molecule has 2 heterocycles. The Balaban J connectivity index is 2.18. The monoisotopic (exact) mass is 303 g/mol. The Hall–Kier alpha value is -1.81. The van der Waals surface area contributed by atoms with Crippen LogP contribution in [0, 0.1) is 20.8 Å². The molecule has 1 unspecified atom stereocenters. The van der Waals surface area contributed by atoms with Crippen LogP contribution in [-0.2, 0) is 6.54 Å². The van der Waals surface area contributed by atoms with Crippen LogP contribution in [0.1, 0.15) is 40.7 Å². The average molecular weight is 304 g/mol. The van der Waals surface area contributed by atoms with Gasteiger partial charge in [0.25, 0.3) is 0 Å². The summed E-state index contributed by atoms with van der Waals surface area (Å²) in [6, 6.07) is 6.27. The minimum Gasteiger partial charge on any atom is -0.361 e. The van der Waals surface area contributed by atoms with Crippen LogP contribution in [0.2, 0.25) is 0 Å². The Bertz CT molecular complexity index is 782. The molecule has 1 aromatic carbocycles. The second kappa shape index (κ2) is 5.19. The van der Waals surface area contributed by atoms with Gasteiger partial charge in [-0.1, -0.05) is 11.2 Å². The van der Waals surface area contributed by atoms with Crippen molar-refractivity contribution in [2.75, 3.05) is 0 Å². The molecule has 0 saturated heterocycles. The summed E-state index contributed by atoms with van der Waals surface area (Å²) in [5, 5.41) is 3.87. The number of hydrogen-bond acceptors (Lipinski definition) is 3. The lowest BCUT2D eigenvalue weighted by Gasteiger charge is -2.10. The van der Waals surface area contributed by atoms with Crippen molar-refractivity contribution in [3.05, 3.63) is 46.6 Å². The standard InChI is InChI=1S/C16H18ClN3O/c1-9-5-6-15-14(7-9)18-16(10(2)17)20(15)8-13-11(3)19-21-12(13)4/h5-7,10H,8H2,1-4H3. The zero-order valence-corrected chi connectivity index (χ0v) is 13.4. The molecule has 0 N–H and O–H groups in total. The Kier molecular flexibility index (Phi) is 3.49. The first-order chi connectivity index (χ1) is 9.97. The van der Waals surface area contributed by atoms with Gasteiger partial charge < -0.3 is 9.09 Å². The highest BCUT2D eigenvalue weighted by atomic mass is 35.5. The Labute approximate surface area is 128 Å². The molecule has 0 saturated carbocycles. The van der Waals surface area contributed by atoms with E-state index in [2.05, 4.69) is 34.8 Å². The van der Waals surface area contributed by atoms with Gasteiger partial charge in [-0.2, -0.15) is 0 Å². The number of benzene rings is 1. The van der Waals surface area contributed by atoms with Crippen LogP contribution in [0.25, 0.3) is 11.0 Å². The van der Waals surface area contributed by atoms with Crippen molar-refractivity contribution in [3.8, 4) is 0 Å². The minimum atomic E-state index is -0.154. The van der Waals surface area contributed by atoms with E-state index >= 15 is 0 Å². The molecule has 3 aromatic rings. The predicted octanol–water partition coefficient (Wildman–Crippen LogP) is 4.30. The van der Waals surface area contributed by atoms with Crippen molar-refractivity contribution in [1.29, 1.82) is 0 Å². The summed E-state index contributed by atoms with van der Waals surface area (Å²) in [5.41, 5.74) is 5.26. The highest BCUT2D eigenvalue weighted by Crippen LogP contribution is 2.27. The number of imidazole rings is 1. The van der Waals surface area contributed by atoms with Gasteiger partial charge in [0.15, 0.2) is 0 Å². The van der Waals surface area contributed by atoms with E-state index in [0.717, 1.165) is 33.9 Å². The summed E-state index contributed by atoms with van der Waals surface area (Å²) in [5.74, 6) is 1.71. The van der Waals surface area contributed by atoms with Crippen molar-refractivity contribution < 1.29 is 4.52 Å². The first kappa shape index (κ1) is 14.1. The molecule has 3 rings (SSSR count). The second-order valence-electron chi connectivity index (χ2n) is 5.47. The van der Waals surface area contributed by atoms with E-state index in [1.807, 2.05) is 20.8 Å². The molecule has 4 nitrogen and oxygen atoms in total. The third kappa shape index (κ3) is 2.44. The quantitative estimate of drug-likeness (QED) is 0.678. The van der Waals surface area contributed by atoms with Crippen molar-refractivity contribution in [2.45, 2.75) is 39.6 Å². The van der Waals surface area contributed by atoms with Gasteiger partial charge in [-0.3, -0.25) is 0 Å². The Morgan fingerprint density at radius 1 is 1.29 bits per heavy atom. The number of fused-ring (bicyclic) bond motifs is 1. The van der Waals surface area contributed by atoms with E-state index in [9.17, 15) is 0 Å². The van der Waals surface area contributed by atoms with Crippen molar-refractivity contribution >= 4 is 22.6 Å². The third-order valence-electron chi connectivity index (χ3n) is 3.79. The highest BCUT2D eigenvalue weighted by molar-refractivity contribution is 6.20. The van der Waals surface area contributed by atoms with Crippen LogP contribution in [0.3, 0.4) is 0 Å². The summed E-state index contributed by atoms with van der Waals surface area (Å²) in [4.78, 5) is 4.69. The summed E-state index contributed by atoms with van der Waals surface area (Å²) in [6.45, 7) is 8.57. The lowest BCUT2D eigenvalue weighted by Crippen LogP contribution is -2.07. The van der Waals surface area contributed by atoms with Crippen LogP contribution in [0.5, 0.6) is 0 Å². The average Bonchev–Trinajstić information content (AvgIpc) is 2.94. The fourth-order valence-electron chi connectivity index (χ4n) is 2.61. The molecule has 110 valence electrons. The van der Waals surface area contributed by atoms with Crippen LogP contribution in [0.15, 0.2) is 22.7 Å². The maximum atomic E-state index is 6.32. The predicted molar refractivity (Wildman–Crippen MR) is 83.8 cm³/mol. The number of aromatic nitrogens is 3. The molecule has 0 spiro atoms. The molecule has 21 heavy (non-hydrogen) atoms. The number of halogens is 1. The molecular weight excluding hydrogens is 286 g/mol. The highest BCUT2D eigenvalue weighted by Gasteiger charge is 2.18. The summed E-state index contributed by atoms with van der Waals surface area (Å²) < 4.78 is 7.41. The van der Waals surface area contributed by atoms with Gasteiger partial charge in [0.05, 0.1) is 28.6 Å². The van der Waals surface area contributed by atoms with E-state index in [1.54, 1.807) is 0 Å². The number of aryl methyl sites for hydroxylation is 3. The zero-order valence-electron chi connectivity index (χ0n) is 12.6. The second-order valence-corrected chi connectivity index (χ2v) is 6.12. The first-order valence-corrected chi connectivity index (χ1v) is 7.43. The molecule has 0 aliphatic heterocycles. The molecule has 0 amide bonds. The van der Waals surface area contributed by atoms with E-state index in [4.69, 9.17) is 21.1 Å². The summed E-state index contributed by atoms with van der Waals surface area (Å²) in [6.07, 6.45) is 0.